The molecule has 0 radical (unpaired) electrons. The zero-order valence-electron chi connectivity index (χ0n) is 13.8. The Kier molecular flexibility index (Phi) is 4.83. The van der Waals surface area contributed by atoms with E-state index in [1.807, 2.05) is 0 Å². The summed E-state index contributed by atoms with van der Waals surface area (Å²) >= 11 is 0. The number of carbonyl (C=O) groups excluding carboxylic acids is 1. The number of nitro groups is 1. The number of halogens is 1. The van der Waals surface area contributed by atoms with Gasteiger partial charge in [0.05, 0.1) is 16.6 Å². The molecule has 2 aromatic rings. The Balaban J connectivity index is 1.70. The smallest absolute Gasteiger partial charge is 0.280 e. The summed E-state index contributed by atoms with van der Waals surface area (Å²) < 4.78 is 23.5. The summed E-state index contributed by atoms with van der Waals surface area (Å²) in [5.41, 5.74) is 1.28. The Hall–Kier alpha value is -3.42. The first-order valence-corrected chi connectivity index (χ1v) is 7.73. The molecule has 0 fully saturated rings. The van der Waals surface area contributed by atoms with Crippen molar-refractivity contribution in [3.8, 4) is 11.5 Å². The van der Waals surface area contributed by atoms with Crippen molar-refractivity contribution in [2.45, 2.75) is 13.5 Å². The molecule has 0 spiro atoms. The van der Waals surface area contributed by atoms with Crippen molar-refractivity contribution >= 4 is 17.7 Å². The molecule has 1 amide bonds. The third kappa shape index (κ3) is 3.80. The molecule has 1 N–H and O–H groups in total. The fourth-order valence-electron chi connectivity index (χ4n) is 2.47. The minimum absolute atomic E-state index is 0.00275. The Morgan fingerprint density at radius 2 is 2.04 bits per heavy atom. The number of hydrogen-bond donors (Lipinski definition) is 1. The highest BCUT2D eigenvalue weighted by Gasteiger charge is 2.22. The number of rotatable bonds is 5. The van der Waals surface area contributed by atoms with Gasteiger partial charge in [-0.25, -0.2) is 4.39 Å². The standard InChI is InChI=1S/C18H15FN2O5/c1-11-6-12(2-4-14(11)19)9-20-18(22)5-3-13-7-16-17(26-10-25-16)8-15(13)21(23)24/h2-8H,9-10H2,1H3,(H,20,22)/b5-3-. The van der Waals surface area contributed by atoms with E-state index in [2.05, 4.69) is 5.32 Å². The highest BCUT2D eigenvalue weighted by molar-refractivity contribution is 5.92. The summed E-state index contributed by atoms with van der Waals surface area (Å²) in [7, 11) is 0. The van der Waals surface area contributed by atoms with Crippen LogP contribution in [0.15, 0.2) is 36.4 Å². The molecule has 2 aromatic carbocycles. The van der Waals surface area contributed by atoms with Crippen LogP contribution in [0.1, 0.15) is 16.7 Å². The molecular formula is C18H15FN2O5. The summed E-state index contributed by atoms with van der Waals surface area (Å²) in [5, 5.41) is 13.8. The topological polar surface area (TPSA) is 90.7 Å². The summed E-state index contributed by atoms with van der Waals surface area (Å²) in [4.78, 5) is 22.6. The average Bonchev–Trinajstić information content (AvgIpc) is 3.07. The van der Waals surface area contributed by atoms with Crippen LogP contribution in [0.4, 0.5) is 10.1 Å². The average molecular weight is 358 g/mol. The second-order valence-corrected chi connectivity index (χ2v) is 5.66. The minimum Gasteiger partial charge on any atom is -0.454 e. The van der Waals surface area contributed by atoms with Gasteiger partial charge in [0, 0.05) is 12.6 Å². The van der Waals surface area contributed by atoms with Gasteiger partial charge in [0.1, 0.15) is 5.82 Å². The van der Waals surface area contributed by atoms with Gasteiger partial charge < -0.3 is 14.8 Å². The molecule has 0 saturated heterocycles. The SMILES string of the molecule is Cc1cc(CNC(=O)/C=C\c2cc3c(cc2[N+](=O)[O-])OCO3)ccc1F. The fraction of sp³-hybridized carbons (Fsp3) is 0.167. The van der Waals surface area contributed by atoms with Crippen LogP contribution in [0.3, 0.4) is 0 Å². The molecule has 134 valence electrons. The number of carbonyl (C=O) groups is 1. The summed E-state index contributed by atoms with van der Waals surface area (Å²) in [6, 6.07) is 7.27. The predicted octanol–water partition coefficient (Wildman–Crippen LogP) is 3.10. The first-order chi connectivity index (χ1) is 12.4. The van der Waals surface area contributed by atoms with Crippen LogP contribution in [0.5, 0.6) is 11.5 Å². The van der Waals surface area contributed by atoms with Gasteiger partial charge in [0.2, 0.25) is 12.7 Å². The summed E-state index contributed by atoms with van der Waals surface area (Å²) in [6.45, 7) is 1.85. The number of nitrogens with one attached hydrogen (secondary N) is 1. The number of amides is 1. The Bertz CT molecular complexity index is 911. The van der Waals surface area contributed by atoms with Crippen molar-refractivity contribution in [2.75, 3.05) is 6.79 Å². The molecule has 0 unspecified atom stereocenters. The fourth-order valence-corrected chi connectivity index (χ4v) is 2.47. The van der Waals surface area contributed by atoms with Crippen LogP contribution in [0.2, 0.25) is 0 Å². The minimum atomic E-state index is -0.555. The largest absolute Gasteiger partial charge is 0.454 e. The van der Waals surface area contributed by atoms with Crippen molar-refractivity contribution in [3.63, 3.8) is 0 Å². The van der Waals surface area contributed by atoms with Crippen LogP contribution in [0, 0.1) is 22.9 Å². The van der Waals surface area contributed by atoms with Gasteiger partial charge in [0.25, 0.3) is 5.69 Å². The van der Waals surface area contributed by atoms with Crippen LogP contribution in [-0.4, -0.2) is 17.6 Å². The maximum atomic E-state index is 13.2. The second-order valence-electron chi connectivity index (χ2n) is 5.66. The van der Waals surface area contributed by atoms with E-state index < -0.39 is 10.8 Å². The van der Waals surface area contributed by atoms with Crippen molar-refractivity contribution in [1.29, 1.82) is 0 Å². The van der Waals surface area contributed by atoms with E-state index in [0.29, 0.717) is 17.1 Å². The molecule has 8 heteroatoms. The second kappa shape index (κ2) is 7.22. The molecule has 0 aromatic heterocycles. The molecule has 26 heavy (non-hydrogen) atoms. The lowest BCUT2D eigenvalue weighted by Gasteiger charge is -2.05. The molecule has 0 aliphatic carbocycles. The van der Waals surface area contributed by atoms with Gasteiger partial charge in [-0.1, -0.05) is 12.1 Å². The van der Waals surface area contributed by atoms with Crippen LogP contribution < -0.4 is 14.8 Å². The van der Waals surface area contributed by atoms with Crippen LogP contribution in [-0.2, 0) is 11.3 Å². The molecule has 0 atom stereocenters. The van der Waals surface area contributed by atoms with E-state index in [1.54, 1.807) is 19.1 Å². The normalized spacial score (nSPS) is 12.4. The quantitative estimate of drug-likeness (QED) is 0.504. The number of nitrogens with zero attached hydrogens (tertiary/aromatic N) is 1. The molecule has 1 aliphatic heterocycles. The molecule has 1 aliphatic rings. The van der Waals surface area contributed by atoms with E-state index >= 15 is 0 Å². The first kappa shape index (κ1) is 17.4. The molecule has 0 saturated carbocycles. The molecular weight excluding hydrogens is 343 g/mol. The predicted molar refractivity (Wildman–Crippen MR) is 91.2 cm³/mol. The molecule has 7 nitrogen and oxygen atoms in total. The number of hydrogen-bond acceptors (Lipinski definition) is 5. The lowest BCUT2D eigenvalue weighted by atomic mass is 10.1. The van der Waals surface area contributed by atoms with Gasteiger partial charge in [-0.15, -0.1) is 0 Å². The maximum absolute atomic E-state index is 13.2. The van der Waals surface area contributed by atoms with Crippen LogP contribution >= 0.6 is 0 Å². The van der Waals surface area contributed by atoms with E-state index in [0.717, 1.165) is 5.56 Å². The zero-order valence-corrected chi connectivity index (χ0v) is 13.8. The highest BCUT2D eigenvalue weighted by Crippen LogP contribution is 2.38. The van der Waals surface area contributed by atoms with Crippen LogP contribution in [0.25, 0.3) is 6.08 Å². The van der Waals surface area contributed by atoms with Crippen molar-refractivity contribution < 1.29 is 23.6 Å². The summed E-state index contributed by atoms with van der Waals surface area (Å²) in [6.07, 6.45) is 2.53. The first-order valence-electron chi connectivity index (χ1n) is 7.73. The van der Waals surface area contributed by atoms with Gasteiger partial charge in [0.15, 0.2) is 11.5 Å². The molecule has 1 heterocycles. The number of fused-ring (bicyclic) bond motifs is 1. The van der Waals surface area contributed by atoms with Gasteiger partial charge in [-0.2, -0.15) is 0 Å². The number of ether oxygens (including phenoxy) is 2. The lowest BCUT2D eigenvalue weighted by Crippen LogP contribution is -2.20. The van der Waals surface area contributed by atoms with E-state index in [-0.39, 0.29) is 30.4 Å². The van der Waals surface area contributed by atoms with Gasteiger partial charge >= 0.3 is 0 Å². The zero-order chi connectivity index (χ0) is 18.7. The summed E-state index contributed by atoms with van der Waals surface area (Å²) in [5.74, 6) is -0.0588. The van der Waals surface area contributed by atoms with E-state index in [1.165, 1.54) is 30.4 Å². The maximum Gasteiger partial charge on any atom is 0.280 e. The van der Waals surface area contributed by atoms with E-state index in [4.69, 9.17) is 9.47 Å². The van der Waals surface area contributed by atoms with Crippen molar-refractivity contribution in [2.24, 2.45) is 0 Å². The molecule has 3 rings (SSSR count). The van der Waals surface area contributed by atoms with Crippen molar-refractivity contribution in [3.05, 3.63) is 69.0 Å². The third-order valence-electron chi connectivity index (χ3n) is 3.82. The number of aryl methyl sites for hydroxylation is 1. The lowest BCUT2D eigenvalue weighted by molar-refractivity contribution is -0.385. The number of benzene rings is 2. The Labute approximate surface area is 148 Å². The Morgan fingerprint density at radius 1 is 1.31 bits per heavy atom. The van der Waals surface area contributed by atoms with E-state index in [9.17, 15) is 19.3 Å². The Morgan fingerprint density at radius 3 is 2.73 bits per heavy atom. The monoisotopic (exact) mass is 358 g/mol. The van der Waals surface area contributed by atoms with Crippen molar-refractivity contribution in [1.82, 2.24) is 5.32 Å². The van der Waals surface area contributed by atoms with Gasteiger partial charge in [-0.3, -0.25) is 14.9 Å². The highest BCUT2D eigenvalue weighted by atomic mass is 19.1. The third-order valence-corrected chi connectivity index (χ3v) is 3.82. The molecule has 0 bridgehead atoms. The number of nitro benzene ring substituents is 1. The van der Waals surface area contributed by atoms with Gasteiger partial charge in [-0.05, 0) is 36.3 Å².